The third kappa shape index (κ3) is 5.21. The molecule has 7 nitrogen and oxygen atoms in total. The molecule has 1 aromatic rings. The molecule has 3 atom stereocenters. The maximum Gasteiger partial charge on any atom is 0.247 e. The number of nitrogens with two attached hydrogens (primary N) is 1. The molecule has 0 bridgehead atoms. The van der Waals surface area contributed by atoms with Gasteiger partial charge in [-0.2, -0.15) is 0 Å². The number of anilines is 1. The molecule has 1 fully saturated rings. The highest BCUT2D eigenvalue weighted by Crippen LogP contribution is 2.37. The van der Waals surface area contributed by atoms with Gasteiger partial charge < -0.3 is 15.8 Å². The van der Waals surface area contributed by atoms with Gasteiger partial charge in [-0.05, 0) is 49.4 Å². The van der Waals surface area contributed by atoms with E-state index in [-0.39, 0.29) is 47.9 Å². The molecule has 1 heterocycles. The van der Waals surface area contributed by atoms with Crippen LogP contribution in [0.4, 0.5) is 5.69 Å². The van der Waals surface area contributed by atoms with Crippen LogP contribution in [0.2, 0.25) is 0 Å². The first-order valence-corrected chi connectivity index (χ1v) is 10.2. The summed E-state index contributed by atoms with van der Waals surface area (Å²) in [5.41, 5.74) is 6.01. The molecule has 2 aliphatic rings. The minimum atomic E-state index is -0.811. The number of hydrogen-bond donors (Lipinski definition) is 2. The predicted molar refractivity (Wildman–Crippen MR) is 117 cm³/mol. The lowest BCUT2D eigenvalue weighted by Gasteiger charge is -2.27. The van der Waals surface area contributed by atoms with Crippen LogP contribution >= 0.6 is 12.4 Å². The highest BCUT2D eigenvalue weighted by Gasteiger charge is 2.51. The van der Waals surface area contributed by atoms with Gasteiger partial charge in [0.05, 0.1) is 11.8 Å². The molecular weight excluding hydrogens is 406 g/mol. The quantitative estimate of drug-likeness (QED) is 0.483. The van der Waals surface area contributed by atoms with Gasteiger partial charge in [-0.3, -0.25) is 19.3 Å². The van der Waals surface area contributed by atoms with E-state index in [1.54, 1.807) is 24.3 Å². The topological polar surface area (TPSA) is 102 Å². The SMILES string of the molecule is CC(C)CC(C(=O)Nc1ccc(OCCN)cc1)N1C(=O)C2CC=CCC2C1=O.Cl. The van der Waals surface area contributed by atoms with Crippen molar-refractivity contribution in [3.8, 4) is 5.75 Å². The van der Waals surface area contributed by atoms with Gasteiger partial charge in [-0.25, -0.2) is 0 Å². The molecule has 1 aromatic carbocycles. The van der Waals surface area contributed by atoms with Gasteiger partial charge in [0.2, 0.25) is 17.7 Å². The second-order valence-corrected chi connectivity index (χ2v) is 8.00. The number of benzene rings is 1. The molecule has 3 N–H and O–H groups in total. The maximum atomic E-state index is 13.1. The number of ether oxygens (including phenoxy) is 1. The van der Waals surface area contributed by atoms with Crippen LogP contribution in [0.25, 0.3) is 0 Å². The summed E-state index contributed by atoms with van der Waals surface area (Å²) < 4.78 is 5.44. The van der Waals surface area contributed by atoms with Gasteiger partial charge in [0.1, 0.15) is 18.4 Å². The lowest BCUT2D eigenvalue weighted by molar-refractivity contribution is -0.147. The Kier molecular flexibility index (Phi) is 8.43. The number of nitrogens with zero attached hydrogens (tertiary/aromatic N) is 1. The van der Waals surface area contributed by atoms with E-state index < -0.39 is 6.04 Å². The first-order valence-electron chi connectivity index (χ1n) is 10.2. The third-order valence-corrected chi connectivity index (χ3v) is 5.36. The van der Waals surface area contributed by atoms with E-state index in [4.69, 9.17) is 10.5 Å². The summed E-state index contributed by atoms with van der Waals surface area (Å²) in [5, 5.41) is 2.85. The van der Waals surface area contributed by atoms with E-state index in [0.717, 1.165) is 0 Å². The van der Waals surface area contributed by atoms with Crippen molar-refractivity contribution < 1.29 is 19.1 Å². The molecule has 164 valence electrons. The van der Waals surface area contributed by atoms with Gasteiger partial charge in [-0.15, -0.1) is 12.4 Å². The molecular formula is C22H30ClN3O4. The van der Waals surface area contributed by atoms with E-state index in [9.17, 15) is 14.4 Å². The van der Waals surface area contributed by atoms with E-state index >= 15 is 0 Å². The zero-order chi connectivity index (χ0) is 21.0. The van der Waals surface area contributed by atoms with E-state index in [0.29, 0.717) is 43.9 Å². The summed E-state index contributed by atoms with van der Waals surface area (Å²) in [6, 6.07) is 6.14. The number of amides is 3. The largest absolute Gasteiger partial charge is 0.492 e. The zero-order valence-corrected chi connectivity index (χ0v) is 18.2. The monoisotopic (exact) mass is 435 g/mol. The fraction of sp³-hybridized carbons (Fsp3) is 0.500. The highest BCUT2D eigenvalue weighted by atomic mass is 35.5. The highest BCUT2D eigenvalue weighted by molar-refractivity contribution is 6.10. The van der Waals surface area contributed by atoms with Crippen molar-refractivity contribution in [3.63, 3.8) is 0 Å². The van der Waals surface area contributed by atoms with E-state index in [1.165, 1.54) is 4.90 Å². The fourth-order valence-electron chi connectivity index (χ4n) is 3.95. The standard InChI is InChI=1S/C22H29N3O4.ClH/c1-14(2)13-19(25-21(27)17-5-3-4-6-18(17)22(25)28)20(26)24-15-7-9-16(10-8-15)29-12-11-23;/h3-4,7-10,14,17-19H,5-6,11-13,23H2,1-2H3,(H,24,26);1H. The molecule has 3 unspecified atom stereocenters. The van der Waals surface area contributed by atoms with Gasteiger partial charge in [0, 0.05) is 12.2 Å². The fourth-order valence-corrected chi connectivity index (χ4v) is 3.95. The number of hydrogen-bond acceptors (Lipinski definition) is 5. The Morgan fingerprint density at radius 2 is 1.70 bits per heavy atom. The summed E-state index contributed by atoms with van der Waals surface area (Å²) in [7, 11) is 0. The third-order valence-electron chi connectivity index (χ3n) is 5.36. The Bertz CT molecular complexity index is 768. The number of nitrogens with one attached hydrogen (secondary N) is 1. The van der Waals surface area contributed by atoms with Crippen LogP contribution < -0.4 is 15.8 Å². The average molecular weight is 436 g/mol. The van der Waals surface area contributed by atoms with E-state index in [2.05, 4.69) is 5.32 Å². The second-order valence-electron chi connectivity index (χ2n) is 8.00. The van der Waals surface area contributed by atoms with Gasteiger partial charge >= 0.3 is 0 Å². The predicted octanol–water partition coefficient (Wildman–Crippen LogP) is 2.75. The number of allylic oxidation sites excluding steroid dienone is 2. The minimum Gasteiger partial charge on any atom is -0.492 e. The summed E-state index contributed by atoms with van der Waals surface area (Å²) in [4.78, 5) is 40.2. The molecule has 1 saturated heterocycles. The maximum absolute atomic E-state index is 13.1. The van der Waals surface area contributed by atoms with Crippen LogP contribution in [0, 0.1) is 17.8 Å². The minimum absolute atomic E-state index is 0. The molecule has 0 radical (unpaired) electrons. The van der Waals surface area contributed by atoms with Crippen molar-refractivity contribution in [2.45, 2.75) is 39.2 Å². The van der Waals surface area contributed by atoms with Crippen LogP contribution in [0.1, 0.15) is 33.1 Å². The van der Waals surface area contributed by atoms with Crippen LogP contribution in [0.3, 0.4) is 0 Å². The van der Waals surface area contributed by atoms with Crippen LogP contribution in [-0.2, 0) is 14.4 Å². The Hall–Kier alpha value is -2.38. The Labute approximate surface area is 183 Å². The van der Waals surface area contributed by atoms with Crippen molar-refractivity contribution in [2.75, 3.05) is 18.5 Å². The van der Waals surface area contributed by atoms with Crippen molar-refractivity contribution >= 4 is 35.8 Å². The number of rotatable bonds is 8. The Morgan fingerprint density at radius 1 is 1.13 bits per heavy atom. The molecule has 1 aliphatic heterocycles. The number of carbonyl (C=O) groups excluding carboxylic acids is 3. The normalized spacial score (nSPS) is 21.3. The summed E-state index contributed by atoms with van der Waals surface area (Å²) in [5.74, 6) is -0.662. The zero-order valence-electron chi connectivity index (χ0n) is 17.4. The summed E-state index contributed by atoms with van der Waals surface area (Å²) in [6.07, 6.45) is 5.44. The Morgan fingerprint density at radius 3 is 2.20 bits per heavy atom. The molecule has 1 aliphatic carbocycles. The molecule has 0 spiro atoms. The van der Waals surface area contributed by atoms with Crippen molar-refractivity contribution in [2.24, 2.45) is 23.5 Å². The smallest absolute Gasteiger partial charge is 0.247 e. The lowest BCUT2D eigenvalue weighted by Crippen LogP contribution is -2.48. The number of carbonyl (C=O) groups is 3. The molecule has 0 saturated carbocycles. The van der Waals surface area contributed by atoms with E-state index in [1.807, 2.05) is 26.0 Å². The number of halogens is 1. The number of fused-ring (bicyclic) bond motifs is 1. The van der Waals surface area contributed by atoms with Crippen molar-refractivity contribution in [3.05, 3.63) is 36.4 Å². The number of imide groups is 1. The number of likely N-dealkylation sites (tertiary alicyclic amines) is 1. The first-order chi connectivity index (χ1) is 13.9. The van der Waals surface area contributed by atoms with Gasteiger partial charge in [0.15, 0.2) is 0 Å². The molecule has 8 heteroatoms. The summed E-state index contributed by atoms with van der Waals surface area (Å²) in [6.45, 7) is 4.79. The van der Waals surface area contributed by atoms with Crippen LogP contribution in [-0.4, -0.2) is 41.8 Å². The van der Waals surface area contributed by atoms with Crippen molar-refractivity contribution in [1.82, 2.24) is 4.90 Å². The lowest BCUT2D eigenvalue weighted by atomic mass is 9.85. The Balaban J connectivity index is 0.00000320. The second kappa shape index (κ2) is 10.6. The van der Waals surface area contributed by atoms with Gasteiger partial charge in [-0.1, -0.05) is 26.0 Å². The molecule has 3 rings (SSSR count). The molecule has 30 heavy (non-hydrogen) atoms. The first kappa shape index (κ1) is 23.9. The van der Waals surface area contributed by atoms with Gasteiger partial charge in [0.25, 0.3) is 0 Å². The van der Waals surface area contributed by atoms with Crippen molar-refractivity contribution in [1.29, 1.82) is 0 Å². The molecule has 3 amide bonds. The van der Waals surface area contributed by atoms with Crippen LogP contribution in [0.5, 0.6) is 5.75 Å². The molecule has 0 aromatic heterocycles. The summed E-state index contributed by atoms with van der Waals surface area (Å²) >= 11 is 0. The average Bonchev–Trinajstić information content (AvgIpc) is 2.96. The van der Waals surface area contributed by atoms with Crippen LogP contribution in [0.15, 0.2) is 36.4 Å².